The average molecular weight is 500 g/mol. The molecule has 0 saturated carbocycles. The summed E-state index contributed by atoms with van der Waals surface area (Å²) in [6, 6.07) is 13.3. The molecule has 2 N–H and O–H groups in total. The predicted octanol–water partition coefficient (Wildman–Crippen LogP) is 5.72. The van der Waals surface area contributed by atoms with Crippen molar-refractivity contribution in [2.75, 3.05) is 5.32 Å². The van der Waals surface area contributed by atoms with Crippen LogP contribution in [0.15, 0.2) is 55.0 Å². The van der Waals surface area contributed by atoms with Crippen molar-refractivity contribution in [3.8, 4) is 5.75 Å². The van der Waals surface area contributed by atoms with Crippen LogP contribution in [0.25, 0.3) is 5.65 Å². The number of ether oxygens (including phenoxy) is 1. The van der Waals surface area contributed by atoms with E-state index in [4.69, 9.17) is 9.72 Å². The third kappa shape index (κ3) is 5.40. The van der Waals surface area contributed by atoms with Crippen LogP contribution in [-0.2, 0) is 5.41 Å². The Morgan fingerprint density at radius 3 is 2.62 bits per heavy atom. The molecule has 37 heavy (non-hydrogen) atoms. The van der Waals surface area contributed by atoms with Gasteiger partial charge in [-0.1, -0.05) is 58.9 Å². The molecule has 2 amide bonds. The first-order valence-corrected chi connectivity index (χ1v) is 12.7. The summed E-state index contributed by atoms with van der Waals surface area (Å²) in [7, 11) is 0. The van der Waals surface area contributed by atoms with E-state index in [0.717, 1.165) is 46.9 Å². The van der Waals surface area contributed by atoms with Crippen LogP contribution in [0.2, 0.25) is 0 Å². The third-order valence-electron chi connectivity index (χ3n) is 6.55. The van der Waals surface area contributed by atoms with Gasteiger partial charge >= 0.3 is 6.03 Å². The monoisotopic (exact) mass is 499 g/mol. The Labute approximate surface area is 216 Å². The number of aromatic nitrogens is 5. The van der Waals surface area contributed by atoms with Gasteiger partial charge in [-0.15, -0.1) is 10.2 Å². The number of nitrogens with one attached hydrogen (secondary N) is 2. The summed E-state index contributed by atoms with van der Waals surface area (Å²) in [5.74, 6) is 2.13. The lowest BCUT2D eigenvalue weighted by atomic mass is 9.85. The largest absolute Gasteiger partial charge is 0.484 e. The number of anilines is 1. The molecule has 192 valence electrons. The fraction of sp³-hybridized carbons (Fsp3) is 0.393. The zero-order valence-corrected chi connectivity index (χ0v) is 21.9. The summed E-state index contributed by atoms with van der Waals surface area (Å²) in [5.41, 5.74) is 3.64. The molecule has 0 saturated heterocycles. The Morgan fingerprint density at radius 1 is 1.08 bits per heavy atom. The van der Waals surface area contributed by atoms with Crippen LogP contribution in [0.5, 0.6) is 5.75 Å². The van der Waals surface area contributed by atoms with Gasteiger partial charge in [-0.25, -0.2) is 14.8 Å². The Balaban J connectivity index is 1.32. The van der Waals surface area contributed by atoms with Gasteiger partial charge in [0.1, 0.15) is 29.8 Å². The molecule has 9 nitrogen and oxygen atoms in total. The molecule has 0 bridgehead atoms. The molecule has 2 unspecified atom stereocenters. The van der Waals surface area contributed by atoms with E-state index in [2.05, 4.69) is 58.7 Å². The highest BCUT2D eigenvalue weighted by Gasteiger charge is 2.29. The van der Waals surface area contributed by atoms with E-state index in [1.807, 2.05) is 54.8 Å². The Bertz CT molecular complexity index is 1420. The van der Waals surface area contributed by atoms with Gasteiger partial charge in [-0.3, -0.25) is 9.72 Å². The fourth-order valence-electron chi connectivity index (χ4n) is 4.55. The Hall–Kier alpha value is -4.01. The minimum Gasteiger partial charge on any atom is -0.484 e. The van der Waals surface area contributed by atoms with Crippen molar-refractivity contribution in [3.05, 3.63) is 77.6 Å². The summed E-state index contributed by atoms with van der Waals surface area (Å²) in [6.07, 6.45) is 4.94. The van der Waals surface area contributed by atoms with E-state index in [-0.39, 0.29) is 29.5 Å². The molecule has 1 aliphatic carbocycles. The maximum atomic E-state index is 13.1. The average Bonchev–Trinajstić information content (AvgIpc) is 3.33. The zero-order chi connectivity index (χ0) is 26.2. The molecule has 0 fully saturated rings. The second-order valence-electron chi connectivity index (χ2n) is 10.8. The minimum absolute atomic E-state index is 0.115. The highest BCUT2D eigenvalue weighted by atomic mass is 16.5. The van der Waals surface area contributed by atoms with Gasteiger partial charge in [0, 0.05) is 17.4 Å². The minimum atomic E-state index is -0.287. The first-order chi connectivity index (χ1) is 17.7. The van der Waals surface area contributed by atoms with Crippen molar-refractivity contribution < 1.29 is 9.53 Å². The quantitative estimate of drug-likeness (QED) is 0.364. The van der Waals surface area contributed by atoms with Gasteiger partial charge in [-0.05, 0) is 36.1 Å². The van der Waals surface area contributed by atoms with Gasteiger partial charge in [0.15, 0.2) is 5.65 Å². The molecule has 3 heterocycles. The van der Waals surface area contributed by atoms with Crippen LogP contribution >= 0.6 is 0 Å². The first kappa shape index (κ1) is 24.7. The van der Waals surface area contributed by atoms with E-state index in [9.17, 15) is 4.79 Å². The number of urea groups is 1. The van der Waals surface area contributed by atoms with E-state index in [1.54, 1.807) is 6.33 Å². The second-order valence-corrected chi connectivity index (χ2v) is 10.8. The summed E-state index contributed by atoms with van der Waals surface area (Å²) in [4.78, 5) is 22.4. The summed E-state index contributed by atoms with van der Waals surface area (Å²) >= 11 is 0. The van der Waals surface area contributed by atoms with Crippen molar-refractivity contribution in [1.82, 2.24) is 29.9 Å². The lowest BCUT2D eigenvalue weighted by molar-refractivity contribution is 0.171. The number of carbonyl (C=O) groups excluding carboxylic acids is 1. The van der Waals surface area contributed by atoms with Crippen molar-refractivity contribution in [1.29, 1.82) is 0 Å². The van der Waals surface area contributed by atoms with E-state index < -0.39 is 0 Å². The first-order valence-electron chi connectivity index (χ1n) is 12.7. The van der Waals surface area contributed by atoms with Gasteiger partial charge in [0.2, 0.25) is 0 Å². The second kappa shape index (κ2) is 9.80. The molecule has 2 atom stereocenters. The molecule has 3 aromatic heterocycles. The van der Waals surface area contributed by atoms with Crippen molar-refractivity contribution in [3.63, 3.8) is 0 Å². The van der Waals surface area contributed by atoms with Crippen LogP contribution in [0.3, 0.4) is 0 Å². The van der Waals surface area contributed by atoms with Crippen molar-refractivity contribution in [2.24, 2.45) is 0 Å². The van der Waals surface area contributed by atoms with Crippen molar-refractivity contribution in [2.45, 2.75) is 70.9 Å². The topological polar surface area (TPSA) is 106 Å². The van der Waals surface area contributed by atoms with Crippen LogP contribution in [0, 0.1) is 0 Å². The molecular formula is C28H33N7O2. The number of fused-ring (bicyclic) bond motifs is 2. The number of carbonyl (C=O) groups is 1. The van der Waals surface area contributed by atoms with Gasteiger partial charge in [-0.2, -0.15) is 0 Å². The third-order valence-corrected chi connectivity index (χ3v) is 6.55. The van der Waals surface area contributed by atoms with Crippen molar-refractivity contribution >= 4 is 17.5 Å². The van der Waals surface area contributed by atoms with E-state index >= 15 is 0 Å². The van der Waals surface area contributed by atoms with Crippen LogP contribution in [0.4, 0.5) is 10.6 Å². The number of pyridine rings is 1. The van der Waals surface area contributed by atoms with Crippen LogP contribution < -0.4 is 15.4 Å². The number of rotatable bonds is 5. The number of hydrogen-bond acceptors (Lipinski definition) is 6. The molecular weight excluding hydrogens is 466 g/mol. The fourth-order valence-corrected chi connectivity index (χ4v) is 4.55. The normalized spacial score (nSPS) is 17.5. The molecule has 5 rings (SSSR count). The number of benzene rings is 1. The molecule has 1 aromatic carbocycles. The van der Waals surface area contributed by atoms with Crippen LogP contribution in [-0.4, -0.2) is 30.6 Å². The molecule has 0 aliphatic heterocycles. The SMILES string of the molecule is CC(C)c1nc(NC(=O)NC2CCC(Oc3ccc4nncn4c3)c3ccccc32)cc(C(C)(C)C)n1. The number of amides is 2. The molecule has 4 aromatic rings. The smallest absolute Gasteiger partial charge is 0.320 e. The van der Waals surface area contributed by atoms with E-state index in [0.29, 0.717) is 5.82 Å². The number of hydrogen-bond donors (Lipinski definition) is 2. The van der Waals surface area contributed by atoms with Gasteiger partial charge < -0.3 is 10.1 Å². The van der Waals surface area contributed by atoms with Gasteiger partial charge in [0.05, 0.1) is 17.9 Å². The molecule has 1 aliphatic rings. The highest BCUT2D eigenvalue weighted by Crippen LogP contribution is 2.38. The molecule has 0 spiro atoms. The predicted molar refractivity (Wildman–Crippen MR) is 142 cm³/mol. The summed E-state index contributed by atoms with van der Waals surface area (Å²) in [6.45, 7) is 10.4. The zero-order valence-electron chi connectivity index (χ0n) is 21.9. The lowest BCUT2D eigenvalue weighted by Gasteiger charge is -2.32. The highest BCUT2D eigenvalue weighted by molar-refractivity contribution is 5.88. The Kier molecular flexibility index (Phi) is 6.54. The summed E-state index contributed by atoms with van der Waals surface area (Å²) < 4.78 is 8.20. The maximum absolute atomic E-state index is 13.1. The van der Waals surface area contributed by atoms with Gasteiger partial charge in [0.25, 0.3) is 0 Å². The maximum Gasteiger partial charge on any atom is 0.320 e. The standard InChI is InChI=1S/C28H33N7O2/c1-17(2)26-31-23(28(3,4)5)14-24(32-26)33-27(36)30-21-11-12-22(20-9-7-6-8-19(20)21)37-18-10-13-25-34-29-16-35(25)15-18/h6-10,13-17,21-22H,11-12H2,1-5H3,(H2,30,31,32,33,36). The number of nitrogens with zero attached hydrogens (tertiary/aromatic N) is 5. The lowest BCUT2D eigenvalue weighted by Crippen LogP contribution is -2.36. The molecule has 9 heteroatoms. The van der Waals surface area contributed by atoms with E-state index in [1.165, 1.54) is 0 Å². The Morgan fingerprint density at radius 2 is 1.86 bits per heavy atom. The molecule has 0 radical (unpaired) electrons. The van der Waals surface area contributed by atoms with Crippen LogP contribution in [0.1, 0.15) is 88.2 Å². The summed E-state index contributed by atoms with van der Waals surface area (Å²) in [5, 5.41) is 14.1.